The van der Waals surface area contributed by atoms with Gasteiger partial charge in [-0.2, -0.15) is 0 Å². The lowest BCUT2D eigenvalue weighted by molar-refractivity contribution is -0.385. The first-order chi connectivity index (χ1) is 14.8. The van der Waals surface area contributed by atoms with Gasteiger partial charge in [-0.1, -0.05) is 17.7 Å². The summed E-state index contributed by atoms with van der Waals surface area (Å²) in [5.41, 5.74) is -0.195. The lowest BCUT2D eigenvalue weighted by Crippen LogP contribution is -2.51. The van der Waals surface area contributed by atoms with E-state index in [2.05, 4.69) is 0 Å². The van der Waals surface area contributed by atoms with Crippen LogP contribution < -0.4 is 4.90 Å². The number of nitro benzene ring substituents is 2. The second-order valence-corrected chi connectivity index (χ2v) is 7.57. The average Bonchev–Trinajstić information content (AvgIpc) is 2.99. The third-order valence-electron chi connectivity index (χ3n) is 5.36. The monoisotopic (exact) mass is 445 g/mol. The molecule has 1 fully saturated rings. The van der Waals surface area contributed by atoms with Crippen molar-refractivity contribution < 1.29 is 19.4 Å². The van der Waals surface area contributed by atoms with Crippen LogP contribution >= 0.6 is 11.6 Å². The predicted octanol–water partition coefficient (Wildman–Crippen LogP) is 2.53. The van der Waals surface area contributed by atoms with Gasteiger partial charge in [0.05, 0.1) is 22.1 Å². The molecular formula is C19H16ClN5O6. The maximum atomic E-state index is 12.7. The molecule has 0 saturated carbocycles. The van der Waals surface area contributed by atoms with Crippen molar-refractivity contribution in [1.29, 1.82) is 0 Å². The third-order valence-corrected chi connectivity index (χ3v) is 5.60. The van der Waals surface area contributed by atoms with Crippen molar-refractivity contribution in [2.24, 2.45) is 0 Å². The highest BCUT2D eigenvalue weighted by molar-refractivity contribution is 6.31. The Morgan fingerprint density at radius 3 is 2.23 bits per heavy atom. The first-order valence-corrected chi connectivity index (χ1v) is 9.70. The number of nitrogens with zero attached hydrogens (tertiary/aromatic N) is 5. The fraction of sp³-hybridized carbons (Fsp3) is 0.263. The van der Waals surface area contributed by atoms with E-state index in [0.29, 0.717) is 31.9 Å². The van der Waals surface area contributed by atoms with Gasteiger partial charge in [-0.15, -0.1) is 0 Å². The molecule has 0 unspecified atom stereocenters. The fourth-order valence-corrected chi connectivity index (χ4v) is 4.00. The number of carbonyl (C=O) groups is 2. The van der Waals surface area contributed by atoms with Crippen LogP contribution in [-0.2, 0) is 0 Å². The average molecular weight is 446 g/mol. The van der Waals surface area contributed by atoms with Crippen LogP contribution in [0.15, 0.2) is 36.4 Å². The van der Waals surface area contributed by atoms with Crippen LogP contribution in [0.2, 0.25) is 5.02 Å². The summed E-state index contributed by atoms with van der Waals surface area (Å²) in [7, 11) is 0. The molecule has 2 aliphatic rings. The molecule has 2 aliphatic heterocycles. The molecule has 31 heavy (non-hydrogen) atoms. The number of piperazine rings is 1. The quantitative estimate of drug-likeness (QED) is 0.390. The number of amides is 2. The standard InChI is InChI=1S/C19H16ClN5O6/c20-12-4-5-14(16(10-12)25(30)31)22-8-6-21(7-9-22)11-23-18(26)13-2-1-3-15(24(28)29)17(13)19(23)27/h1-5,10H,6-9,11H2. The smallest absolute Gasteiger partial charge is 0.294 e. The van der Waals surface area contributed by atoms with Gasteiger partial charge in [0.15, 0.2) is 0 Å². The molecule has 0 aromatic heterocycles. The molecule has 2 amide bonds. The molecular weight excluding hydrogens is 430 g/mol. The van der Waals surface area contributed by atoms with Crippen LogP contribution in [-0.4, -0.2) is 64.3 Å². The van der Waals surface area contributed by atoms with Crippen molar-refractivity contribution in [2.75, 3.05) is 37.7 Å². The summed E-state index contributed by atoms with van der Waals surface area (Å²) in [6.45, 7) is 1.74. The Hall–Kier alpha value is -3.57. The van der Waals surface area contributed by atoms with Crippen molar-refractivity contribution in [3.8, 4) is 0 Å². The van der Waals surface area contributed by atoms with Crippen LogP contribution in [0.3, 0.4) is 0 Å². The van der Waals surface area contributed by atoms with E-state index < -0.39 is 27.3 Å². The van der Waals surface area contributed by atoms with E-state index in [1.54, 1.807) is 12.1 Å². The molecule has 11 nitrogen and oxygen atoms in total. The van der Waals surface area contributed by atoms with Crippen LogP contribution in [0.25, 0.3) is 0 Å². The molecule has 0 aliphatic carbocycles. The van der Waals surface area contributed by atoms with Gasteiger partial charge in [0, 0.05) is 43.3 Å². The van der Waals surface area contributed by atoms with Gasteiger partial charge in [0.25, 0.3) is 23.2 Å². The summed E-state index contributed by atoms with van der Waals surface area (Å²) in [5, 5.41) is 22.8. The lowest BCUT2D eigenvalue weighted by Gasteiger charge is -2.37. The highest BCUT2D eigenvalue weighted by Crippen LogP contribution is 2.33. The van der Waals surface area contributed by atoms with E-state index in [-0.39, 0.29) is 28.5 Å². The molecule has 1 saturated heterocycles. The molecule has 4 rings (SSSR count). The van der Waals surface area contributed by atoms with Crippen molar-refractivity contribution in [3.63, 3.8) is 0 Å². The van der Waals surface area contributed by atoms with Crippen LogP contribution in [0, 0.1) is 20.2 Å². The van der Waals surface area contributed by atoms with E-state index >= 15 is 0 Å². The Labute approximate surface area is 180 Å². The second-order valence-electron chi connectivity index (χ2n) is 7.13. The summed E-state index contributed by atoms with van der Waals surface area (Å²) in [6, 6.07) is 8.46. The number of anilines is 1. The maximum Gasteiger partial charge on any atom is 0.294 e. The number of carbonyl (C=O) groups excluding carboxylic acids is 2. The molecule has 0 radical (unpaired) electrons. The molecule has 0 spiro atoms. The maximum absolute atomic E-state index is 12.7. The van der Waals surface area contributed by atoms with Gasteiger partial charge in [-0.3, -0.25) is 39.6 Å². The number of benzene rings is 2. The number of halogens is 1. The van der Waals surface area contributed by atoms with E-state index in [1.807, 2.05) is 9.80 Å². The van der Waals surface area contributed by atoms with Crippen LogP contribution in [0.1, 0.15) is 20.7 Å². The largest absolute Gasteiger partial charge is 0.363 e. The predicted molar refractivity (Wildman–Crippen MR) is 110 cm³/mol. The van der Waals surface area contributed by atoms with Gasteiger partial charge in [-0.25, -0.2) is 0 Å². The minimum absolute atomic E-state index is 0.0138. The highest BCUT2D eigenvalue weighted by atomic mass is 35.5. The van der Waals surface area contributed by atoms with Gasteiger partial charge in [0.1, 0.15) is 11.3 Å². The summed E-state index contributed by atoms with van der Waals surface area (Å²) < 4.78 is 0. The zero-order valence-electron chi connectivity index (χ0n) is 16.1. The molecule has 0 N–H and O–H groups in total. The summed E-state index contributed by atoms with van der Waals surface area (Å²) in [4.78, 5) is 51.5. The van der Waals surface area contributed by atoms with Crippen LogP contribution in [0.4, 0.5) is 17.1 Å². The van der Waals surface area contributed by atoms with Crippen molar-refractivity contribution in [3.05, 3.63) is 72.8 Å². The Morgan fingerprint density at radius 2 is 1.58 bits per heavy atom. The molecule has 0 bridgehead atoms. The summed E-state index contributed by atoms with van der Waals surface area (Å²) in [6.07, 6.45) is 0. The zero-order valence-corrected chi connectivity index (χ0v) is 16.8. The molecule has 12 heteroatoms. The number of fused-ring (bicyclic) bond motifs is 1. The Bertz CT molecular complexity index is 1110. The van der Waals surface area contributed by atoms with Gasteiger partial charge < -0.3 is 4.90 Å². The normalized spacial score (nSPS) is 16.5. The first kappa shape index (κ1) is 20.7. The SMILES string of the molecule is O=C1c2cccc([N+](=O)[O-])c2C(=O)N1CN1CCN(c2ccc(Cl)cc2[N+](=O)[O-])CC1. The van der Waals surface area contributed by atoms with Gasteiger partial charge >= 0.3 is 0 Å². The first-order valence-electron chi connectivity index (χ1n) is 9.32. The number of rotatable bonds is 5. The molecule has 2 heterocycles. The molecule has 0 atom stereocenters. The molecule has 2 aromatic rings. The van der Waals surface area contributed by atoms with Gasteiger partial charge in [0.2, 0.25) is 0 Å². The van der Waals surface area contributed by atoms with Crippen molar-refractivity contribution in [1.82, 2.24) is 9.80 Å². The Balaban J connectivity index is 1.46. The van der Waals surface area contributed by atoms with Crippen molar-refractivity contribution in [2.45, 2.75) is 0 Å². The van der Waals surface area contributed by atoms with E-state index in [0.717, 1.165) is 4.90 Å². The number of hydrogen-bond donors (Lipinski definition) is 0. The topological polar surface area (TPSA) is 130 Å². The van der Waals surface area contributed by atoms with Crippen molar-refractivity contribution >= 4 is 40.5 Å². The summed E-state index contributed by atoms with van der Waals surface area (Å²) in [5.74, 6) is -1.26. The van der Waals surface area contributed by atoms with Gasteiger partial charge in [-0.05, 0) is 18.2 Å². The minimum Gasteiger partial charge on any atom is -0.363 e. The third kappa shape index (κ3) is 3.68. The highest BCUT2D eigenvalue weighted by Gasteiger charge is 2.41. The summed E-state index contributed by atoms with van der Waals surface area (Å²) >= 11 is 5.87. The van der Waals surface area contributed by atoms with E-state index in [4.69, 9.17) is 11.6 Å². The van der Waals surface area contributed by atoms with Crippen LogP contribution in [0.5, 0.6) is 0 Å². The Morgan fingerprint density at radius 1 is 0.903 bits per heavy atom. The minimum atomic E-state index is -0.692. The van der Waals surface area contributed by atoms with E-state index in [1.165, 1.54) is 24.3 Å². The Kier molecular flexibility index (Phi) is 5.29. The fourth-order valence-electron chi connectivity index (χ4n) is 3.84. The second kappa shape index (κ2) is 7.93. The molecule has 160 valence electrons. The zero-order chi connectivity index (χ0) is 22.3. The lowest BCUT2D eigenvalue weighted by atomic mass is 10.1. The number of nitro groups is 2. The van der Waals surface area contributed by atoms with E-state index in [9.17, 15) is 29.8 Å². The molecule has 2 aromatic carbocycles. The number of hydrogen-bond acceptors (Lipinski definition) is 8. The number of imide groups is 1.